The number of nitrogens with two attached hydrogens (primary N) is 1. The molecule has 1 aliphatic rings. The summed E-state index contributed by atoms with van der Waals surface area (Å²) in [5.41, 5.74) is 8.60. The van der Waals surface area contributed by atoms with Gasteiger partial charge in [-0.1, -0.05) is 24.3 Å². The molecule has 0 saturated heterocycles. The molecule has 0 bridgehead atoms. The molecule has 1 aromatic heterocycles. The molecule has 1 aliphatic heterocycles. The molecule has 4 nitrogen and oxygen atoms in total. The number of aromatic nitrogens is 2. The van der Waals surface area contributed by atoms with E-state index in [-0.39, 0.29) is 0 Å². The highest BCUT2D eigenvalue weighted by Crippen LogP contribution is 2.19. The van der Waals surface area contributed by atoms with Crippen LogP contribution in [-0.2, 0) is 12.8 Å². The topological polar surface area (TPSA) is 55.0 Å². The van der Waals surface area contributed by atoms with E-state index in [9.17, 15) is 0 Å². The maximum atomic E-state index is 5.71. The van der Waals surface area contributed by atoms with Crippen molar-refractivity contribution in [2.45, 2.75) is 12.8 Å². The largest absolute Gasteiger partial charge is 0.384 e. The van der Waals surface area contributed by atoms with Gasteiger partial charge >= 0.3 is 0 Å². The molecule has 0 radical (unpaired) electrons. The molecule has 0 saturated carbocycles. The zero-order chi connectivity index (χ0) is 12.4. The zero-order valence-electron chi connectivity index (χ0n) is 10.2. The summed E-state index contributed by atoms with van der Waals surface area (Å²) in [6.45, 7) is 1.96. The number of hydrogen-bond donors (Lipinski definition) is 1. The van der Waals surface area contributed by atoms with E-state index in [0.29, 0.717) is 5.82 Å². The molecular weight excluding hydrogens is 224 g/mol. The van der Waals surface area contributed by atoms with E-state index < -0.39 is 0 Å². The van der Waals surface area contributed by atoms with Gasteiger partial charge in [0.15, 0.2) is 0 Å². The van der Waals surface area contributed by atoms with Crippen molar-refractivity contribution in [2.75, 3.05) is 23.7 Å². The summed E-state index contributed by atoms with van der Waals surface area (Å²) in [7, 11) is 0. The van der Waals surface area contributed by atoms with Crippen molar-refractivity contribution in [2.24, 2.45) is 0 Å². The lowest BCUT2D eigenvalue weighted by atomic mass is 10.0. The van der Waals surface area contributed by atoms with Crippen molar-refractivity contribution in [1.29, 1.82) is 0 Å². The van der Waals surface area contributed by atoms with Gasteiger partial charge in [0.25, 0.3) is 0 Å². The van der Waals surface area contributed by atoms with E-state index in [0.717, 1.165) is 31.7 Å². The van der Waals surface area contributed by atoms with Gasteiger partial charge in [0.1, 0.15) is 18.0 Å². The van der Waals surface area contributed by atoms with Crippen LogP contribution >= 0.6 is 0 Å². The van der Waals surface area contributed by atoms with Crippen LogP contribution in [0.1, 0.15) is 11.1 Å². The molecule has 92 valence electrons. The Hall–Kier alpha value is -2.10. The third-order valence-corrected chi connectivity index (χ3v) is 3.42. The zero-order valence-corrected chi connectivity index (χ0v) is 10.2. The van der Waals surface area contributed by atoms with E-state index in [1.165, 1.54) is 17.5 Å². The highest BCUT2D eigenvalue weighted by Gasteiger charge is 2.14. The fraction of sp³-hybridized carbons (Fsp3) is 0.286. The molecule has 0 amide bonds. The molecule has 18 heavy (non-hydrogen) atoms. The molecule has 0 aliphatic carbocycles. The first kappa shape index (κ1) is 11.0. The van der Waals surface area contributed by atoms with Gasteiger partial charge in [-0.05, 0) is 24.0 Å². The summed E-state index contributed by atoms with van der Waals surface area (Å²) in [4.78, 5) is 10.5. The van der Waals surface area contributed by atoms with Gasteiger partial charge in [-0.15, -0.1) is 0 Å². The molecule has 0 atom stereocenters. The van der Waals surface area contributed by atoms with Crippen LogP contribution in [0.4, 0.5) is 11.6 Å². The van der Waals surface area contributed by atoms with Gasteiger partial charge < -0.3 is 10.6 Å². The number of benzene rings is 1. The van der Waals surface area contributed by atoms with Crippen LogP contribution in [0, 0.1) is 0 Å². The Labute approximate surface area is 106 Å². The Morgan fingerprint density at radius 1 is 1.00 bits per heavy atom. The molecule has 2 aromatic rings. The number of nitrogen functional groups attached to an aromatic ring is 1. The minimum Gasteiger partial charge on any atom is -0.384 e. The molecule has 2 N–H and O–H groups in total. The summed E-state index contributed by atoms with van der Waals surface area (Å²) in [6, 6.07) is 10.5. The lowest BCUT2D eigenvalue weighted by Gasteiger charge is -2.21. The van der Waals surface area contributed by atoms with Crippen LogP contribution in [0.3, 0.4) is 0 Å². The third-order valence-electron chi connectivity index (χ3n) is 3.42. The Bertz CT molecular complexity index is 526. The minimum atomic E-state index is 0.529. The third kappa shape index (κ3) is 2.14. The second kappa shape index (κ2) is 4.64. The van der Waals surface area contributed by atoms with Gasteiger partial charge in [-0.3, -0.25) is 0 Å². The normalized spacial score (nSPS) is 15.0. The Morgan fingerprint density at radius 2 is 1.67 bits per heavy atom. The van der Waals surface area contributed by atoms with Crippen LogP contribution in [-0.4, -0.2) is 23.1 Å². The van der Waals surface area contributed by atoms with E-state index in [1.54, 1.807) is 0 Å². The van der Waals surface area contributed by atoms with Crippen LogP contribution in [0.5, 0.6) is 0 Å². The smallest absolute Gasteiger partial charge is 0.134 e. The first-order chi connectivity index (χ1) is 8.83. The summed E-state index contributed by atoms with van der Waals surface area (Å²) in [6.07, 6.45) is 3.64. The molecule has 0 unspecified atom stereocenters. The molecule has 0 spiro atoms. The summed E-state index contributed by atoms with van der Waals surface area (Å²) in [5.74, 6) is 1.46. The van der Waals surface area contributed by atoms with Gasteiger partial charge in [-0.25, -0.2) is 9.97 Å². The van der Waals surface area contributed by atoms with Crippen LogP contribution in [0.15, 0.2) is 36.7 Å². The van der Waals surface area contributed by atoms with Crippen molar-refractivity contribution in [3.63, 3.8) is 0 Å². The molecule has 4 heteroatoms. The second-order valence-corrected chi connectivity index (χ2v) is 4.56. The summed E-state index contributed by atoms with van der Waals surface area (Å²) < 4.78 is 0. The Morgan fingerprint density at radius 3 is 2.28 bits per heavy atom. The number of rotatable bonds is 1. The predicted octanol–water partition coefficient (Wildman–Crippen LogP) is 1.66. The first-order valence-electron chi connectivity index (χ1n) is 6.22. The highest BCUT2D eigenvalue weighted by molar-refractivity contribution is 5.47. The molecule has 3 rings (SSSR count). The molecule has 1 aromatic carbocycles. The maximum Gasteiger partial charge on any atom is 0.134 e. The molecule has 2 heterocycles. The van der Waals surface area contributed by atoms with Gasteiger partial charge in [0.05, 0.1) is 0 Å². The van der Waals surface area contributed by atoms with Gasteiger partial charge in [0.2, 0.25) is 0 Å². The van der Waals surface area contributed by atoms with Crippen molar-refractivity contribution < 1.29 is 0 Å². The first-order valence-corrected chi connectivity index (χ1v) is 6.22. The fourth-order valence-electron chi connectivity index (χ4n) is 2.43. The van der Waals surface area contributed by atoms with E-state index in [1.807, 2.05) is 6.07 Å². The Balaban J connectivity index is 1.83. The summed E-state index contributed by atoms with van der Waals surface area (Å²) in [5, 5.41) is 0. The minimum absolute atomic E-state index is 0.529. The van der Waals surface area contributed by atoms with Gasteiger partial charge in [-0.2, -0.15) is 0 Å². The Kier molecular flexibility index (Phi) is 2.84. The van der Waals surface area contributed by atoms with Crippen LogP contribution in [0.2, 0.25) is 0 Å². The second-order valence-electron chi connectivity index (χ2n) is 4.56. The number of nitrogens with zero attached hydrogens (tertiary/aromatic N) is 3. The lowest BCUT2D eigenvalue weighted by Crippen LogP contribution is -2.27. The van der Waals surface area contributed by atoms with Crippen LogP contribution in [0.25, 0.3) is 0 Å². The SMILES string of the molecule is Nc1cc(N2CCc3ccccc3CC2)ncn1. The number of anilines is 2. The quantitative estimate of drug-likeness (QED) is 0.823. The molecule has 0 fully saturated rings. The monoisotopic (exact) mass is 240 g/mol. The number of hydrogen-bond acceptors (Lipinski definition) is 4. The average Bonchev–Trinajstić information content (AvgIpc) is 2.61. The van der Waals surface area contributed by atoms with Crippen molar-refractivity contribution in [1.82, 2.24) is 9.97 Å². The lowest BCUT2D eigenvalue weighted by molar-refractivity contribution is 0.788. The van der Waals surface area contributed by atoms with E-state index >= 15 is 0 Å². The standard InChI is InChI=1S/C14H16N4/c15-13-9-14(17-10-16-13)18-7-5-11-3-1-2-4-12(11)6-8-18/h1-4,9-10H,5-8H2,(H2,15,16,17). The maximum absolute atomic E-state index is 5.71. The van der Waals surface area contributed by atoms with Crippen molar-refractivity contribution >= 4 is 11.6 Å². The van der Waals surface area contributed by atoms with Gasteiger partial charge in [0, 0.05) is 19.2 Å². The van der Waals surface area contributed by atoms with Crippen LogP contribution < -0.4 is 10.6 Å². The van der Waals surface area contributed by atoms with Crippen molar-refractivity contribution in [3.05, 3.63) is 47.8 Å². The molecular formula is C14H16N4. The number of fused-ring (bicyclic) bond motifs is 1. The van der Waals surface area contributed by atoms with E-state index in [4.69, 9.17) is 5.73 Å². The highest BCUT2D eigenvalue weighted by atomic mass is 15.2. The summed E-state index contributed by atoms with van der Waals surface area (Å²) >= 11 is 0. The average molecular weight is 240 g/mol. The van der Waals surface area contributed by atoms with E-state index in [2.05, 4.69) is 39.1 Å². The fourth-order valence-corrected chi connectivity index (χ4v) is 2.43. The van der Waals surface area contributed by atoms with Crippen molar-refractivity contribution in [3.8, 4) is 0 Å². The predicted molar refractivity (Wildman–Crippen MR) is 72.5 cm³/mol.